The van der Waals surface area contributed by atoms with Gasteiger partial charge in [0.05, 0.1) is 6.20 Å². The van der Waals surface area contributed by atoms with E-state index in [9.17, 15) is 4.79 Å². The van der Waals surface area contributed by atoms with Crippen molar-refractivity contribution < 1.29 is 9.53 Å². The number of hydrogen-bond acceptors (Lipinski definition) is 3. The molecule has 0 fully saturated rings. The van der Waals surface area contributed by atoms with E-state index in [1.807, 2.05) is 0 Å². The second kappa shape index (κ2) is 4.44. The Morgan fingerprint density at radius 2 is 1.88 bits per heavy atom. The van der Waals surface area contributed by atoms with Gasteiger partial charge >= 0.3 is 0 Å². The molecule has 0 saturated carbocycles. The third kappa shape index (κ3) is 2.36. The number of nitrogens with two attached hydrogens (primary N) is 1. The highest BCUT2D eigenvalue weighted by molar-refractivity contribution is 5.92. The average molecular weight is 214 g/mol. The Bertz CT molecular complexity index is 480. The molecule has 4 heteroatoms. The number of carbonyl (C=O) groups excluding carboxylic acids is 1. The molecule has 0 aliphatic rings. The third-order valence-electron chi connectivity index (χ3n) is 2.01. The summed E-state index contributed by atoms with van der Waals surface area (Å²) in [5, 5.41) is 0. The van der Waals surface area contributed by atoms with Crippen LogP contribution in [0.2, 0.25) is 0 Å². The fourth-order valence-electron chi connectivity index (χ4n) is 1.23. The summed E-state index contributed by atoms with van der Waals surface area (Å²) in [6, 6.07) is 10.2. The molecule has 1 heterocycles. The molecule has 0 aliphatic heterocycles. The van der Waals surface area contributed by atoms with Crippen LogP contribution in [0.25, 0.3) is 0 Å². The van der Waals surface area contributed by atoms with Crippen LogP contribution in [0.5, 0.6) is 11.5 Å². The van der Waals surface area contributed by atoms with E-state index < -0.39 is 5.91 Å². The molecule has 0 saturated heterocycles. The Morgan fingerprint density at radius 3 is 2.44 bits per heavy atom. The van der Waals surface area contributed by atoms with Gasteiger partial charge in [-0.3, -0.25) is 9.78 Å². The maximum atomic E-state index is 10.8. The van der Waals surface area contributed by atoms with Gasteiger partial charge in [-0.15, -0.1) is 0 Å². The standard InChI is InChI=1S/C12H10N2O2/c13-12(15)9-3-5-10(6-4-9)16-11-2-1-7-14-8-11/h1-8H,(H2,13,15). The second-order valence-electron chi connectivity index (χ2n) is 3.18. The van der Waals surface area contributed by atoms with Crippen molar-refractivity contribution in [3.8, 4) is 11.5 Å². The Balaban J connectivity index is 2.14. The van der Waals surface area contributed by atoms with Crippen molar-refractivity contribution in [2.75, 3.05) is 0 Å². The minimum Gasteiger partial charge on any atom is -0.456 e. The summed E-state index contributed by atoms with van der Waals surface area (Å²) in [5.74, 6) is 0.834. The van der Waals surface area contributed by atoms with E-state index in [1.54, 1.807) is 48.8 Å². The highest BCUT2D eigenvalue weighted by Crippen LogP contribution is 2.20. The largest absolute Gasteiger partial charge is 0.456 e. The number of ether oxygens (including phenoxy) is 1. The zero-order valence-electron chi connectivity index (χ0n) is 8.46. The highest BCUT2D eigenvalue weighted by atomic mass is 16.5. The summed E-state index contributed by atoms with van der Waals surface area (Å²) >= 11 is 0. The van der Waals surface area contributed by atoms with Crippen LogP contribution in [-0.2, 0) is 0 Å². The first kappa shape index (κ1) is 10.2. The van der Waals surface area contributed by atoms with Gasteiger partial charge in [0.15, 0.2) is 0 Å². The minimum absolute atomic E-state index is 0.451. The van der Waals surface area contributed by atoms with E-state index in [2.05, 4.69) is 4.98 Å². The van der Waals surface area contributed by atoms with Crippen LogP contribution in [0.3, 0.4) is 0 Å². The number of primary amides is 1. The summed E-state index contributed by atoms with van der Waals surface area (Å²) in [4.78, 5) is 14.8. The summed E-state index contributed by atoms with van der Waals surface area (Å²) in [5.41, 5.74) is 5.58. The molecule has 0 bridgehead atoms. The van der Waals surface area contributed by atoms with E-state index in [4.69, 9.17) is 10.5 Å². The van der Waals surface area contributed by atoms with Crippen LogP contribution < -0.4 is 10.5 Å². The van der Waals surface area contributed by atoms with Crippen molar-refractivity contribution in [2.24, 2.45) is 5.73 Å². The van der Waals surface area contributed by atoms with Gasteiger partial charge in [0.25, 0.3) is 0 Å². The van der Waals surface area contributed by atoms with Gasteiger partial charge < -0.3 is 10.5 Å². The van der Waals surface area contributed by atoms with E-state index in [-0.39, 0.29) is 0 Å². The number of hydrogen-bond donors (Lipinski definition) is 1. The van der Waals surface area contributed by atoms with Crippen molar-refractivity contribution in [1.29, 1.82) is 0 Å². The number of nitrogens with zero attached hydrogens (tertiary/aromatic N) is 1. The molecule has 2 N–H and O–H groups in total. The first-order chi connectivity index (χ1) is 7.75. The molecule has 1 amide bonds. The third-order valence-corrected chi connectivity index (χ3v) is 2.01. The van der Waals surface area contributed by atoms with Crippen molar-refractivity contribution in [1.82, 2.24) is 4.98 Å². The normalized spacial score (nSPS) is 9.75. The van der Waals surface area contributed by atoms with E-state index in [0.29, 0.717) is 17.1 Å². The Hall–Kier alpha value is -2.36. The fraction of sp³-hybridized carbons (Fsp3) is 0. The maximum Gasteiger partial charge on any atom is 0.248 e. The number of rotatable bonds is 3. The van der Waals surface area contributed by atoms with Crippen LogP contribution in [0.4, 0.5) is 0 Å². The fourth-order valence-corrected chi connectivity index (χ4v) is 1.23. The summed E-state index contributed by atoms with van der Waals surface area (Å²) in [6.45, 7) is 0. The van der Waals surface area contributed by atoms with Crippen molar-refractivity contribution in [3.05, 3.63) is 54.4 Å². The SMILES string of the molecule is NC(=O)c1ccc(Oc2cccnc2)cc1. The Labute approximate surface area is 92.7 Å². The van der Waals surface area contributed by atoms with E-state index in [1.165, 1.54) is 0 Å². The summed E-state index contributed by atoms with van der Waals surface area (Å²) in [6.07, 6.45) is 3.28. The average Bonchev–Trinajstić information content (AvgIpc) is 2.31. The molecule has 0 atom stereocenters. The molecule has 80 valence electrons. The number of aromatic nitrogens is 1. The minimum atomic E-state index is -0.451. The van der Waals surface area contributed by atoms with Gasteiger partial charge in [0, 0.05) is 11.8 Å². The molecule has 16 heavy (non-hydrogen) atoms. The quantitative estimate of drug-likeness (QED) is 0.849. The van der Waals surface area contributed by atoms with Gasteiger partial charge in [-0.1, -0.05) is 0 Å². The molecule has 2 rings (SSSR count). The second-order valence-corrected chi connectivity index (χ2v) is 3.18. The summed E-state index contributed by atoms with van der Waals surface area (Å²) < 4.78 is 5.50. The lowest BCUT2D eigenvalue weighted by Gasteiger charge is -2.04. The number of carbonyl (C=O) groups is 1. The highest BCUT2D eigenvalue weighted by Gasteiger charge is 2.00. The predicted octanol–water partition coefficient (Wildman–Crippen LogP) is 1.97. The van der Waals surface area contributed by atoms with Crippen LogP contribution >= 0.6 is 0 Å². The van der Waals surface area contributed by atoms with Crippen LogP contribution in [-0.4, -0.2) is 10.9 Å². The van der Waals surface area contributed by atoms with Crippen molar-refractivity contribution >= 4 is 5.91 Å². The molecule has 0 radical (unpaired) electrons. The molecule has 0 aliphatic carbocycles. The zero-order valence-corrected chi connectivity index (χ0v) is 8.46. The monoisotopic (exact) mass is 214 g/mol. The molecule has 0 spiro atoms. The first-order valence-corrected chi connectivity index (χ1v) is 4.73. The van der Waals surface area contributed by atoms with Gasteiger partial charge in [0.2, 0.25) is 5.91 Å². The smallest absolute Gasteiger partial charge is 0.248 e. The molecule has 2 aromatic rings. The lowest BCUT2D eigenvalue weighted by Crippen LogP contribution is -2.10. The Morgan fingerprint density at radius 1 is 1.12 bits per heavy atom. The maximum absolute atomic E-state index is 10.8. The van der Waals surface area contributed by atoms with Gasteiger partial charge in [-0.05, 0) is 36.4 Å². The summed E-state index contributed by atoms with van der Waals surface area (Å²) in [7, 11) is 0. The first-order valence-electron chi connectivity index (χ1n) is 4.73. The van der Waals surface area contributed by atoms with Crippen LogP contribution in [0, 0.1) is 0 Å². The molecule has 1 aromatic carbocycles. The topological polar surface area (TPSA) is 65.2 Å². The lowest BCUT2D eigenvalue weighted by atomic mass is 10.2. The van der Waals surface area contributed by atoms with Crippen LogP contribution in [0.1, 0.15) is 10.4 Å². The number of amides is 1. The zero-order chi connectivity index (χ0) is 11.4. The molecule has 0 unspecified atom stereocenters. The predicted molar refractivity (Wildman–Crippen MR) is 59.3 cm³/mol. The molecule has 4 nitrogen and oxygen atoms in total. The van der Waals surface area contributed by atoms with E-state index in [0.717, 1.165) is 0 Å². The van der Waals surface area contributed by atoms with Gasteiger partial charge in [0.1, 0.15) is 11.5 Å². The van der Waals surface area contributed by atoms with E-state index >= 15 is 0 Å². The molecular formula is C12H10N2O2. The lowest BCUT2D eigenvalue weighted by molar-refractivity contribution is 0.100. The van der Waals surface area contributed by atoms with Gasteiger partial charge in [-0.2, -0.15) is 0 Å². The molecular weight excluding hydrogens is 204 g/mol. The molecule has 1 aromatic heterocycles. The Kier molecular flexibility index (Phi) is 2.82. The number of benzene rings is 1. The van der Waals surface area contributed by atoms with Crippen molar-refractivity contribution in [2.45, 2.75) is 0 Å². The van der Waals surface area contributed by atoms with Crippen molar-refractivity contribution in [3.63, 3.8) is 0 Å². The van der Waals surface area contributed by atoms with Gasteiger partial charge in [-0.25, -0.2) is 0 Å². The number of pyridine rings is 1. The van der Waals surface area contributed by atoms with Crippen LogP contribution in [0.15, 0.2) is 48.8 Å².